The molecule has 0 aliphatic carbocycles. The van der Waals surface area contributed by atoms with E-state index < -0.39 is 4.92 Å². The van der Waals surface area contributed by atoms with Gasteiger partial charge in [0.2, 0.25) is 0 Å². The summed E-state index contributed by atoms with van der Waals surface area (Å²) in [7, 11) is 0. The van der Waals surface area contributed by atoms with Crippen molar-refractivity contribution in [3.05, 3.63) is 32.8 Å². The van der Waals surface area contributed by atoms with Crippen LogP contribution in [0.2, 0.25) is 5.02 Å². The van der Waals surface area contributed by atoms with Crippen LogP contribution in [0.25, 0.3) is 10.2 Å². The normalized spacial score (nSPS) is 10.5. The van der Waals surface area contributed by atoms with Crippen LogP contribution in [0, 0.1) is 10.1 Å². The highest BCUT2D eigenvalue weighted by atomic mass is 35.5. The van der Waals surface area contributed by atoms with Gasteiger partial charge in [-0.3, -0.25) is 10.1 Å². The van der Waals surface area contributed by atoms with Gasteiger partial charge in [0.15, 0.2) is 0 Å². The lowest BCUT2D eigenvalue weighted by Gasteiger charge is -1.93. The molecule has 0 amide bonds. The van der Waals surface area contributed by atoms with Gasteiger partial charge >= 0.3 is 0 Å². The summed E-state index contributed by atoms with van der Waals surface area (Å²) in [5, 5.41) is 10.6. The van der Waals surface area contributed by atoms with Crippen LogP contribution in [0.4, 0.5) is 5.69 Å². The number of benzene rings is 1. The Bertz CT molecular complexity index is 482. The van der Waals surface area contributed by atoms with Crippen molar-refractivity contribution >= 4 is 38.8 Å². The number of nitro groups is 1. The Morgan fingerprint density at radius 3 is 3.00 bits per heavy atom. The fourth-order valence-electron chi connectivity index (χ4n) is 1.01. The molecular formula is C7H3ClN2O2S. The summed E-state index contributed by atoms with van der Waals surface area (Å²) in [6.45, 7) is 0. The van der Waals surface area contributed by atoms with Crippen LogP contribution in [-0.4, -0.2) is 9.91 Å². The van der Waals surface area contributed by atoms with Crippen LogP contribution in [0.3, 0.4) is 0 Å². The zero-order valence-electron chi connectivity index (χ0n) is 6.23. The van der Waals surface area contributed by atoms with Gasteiger partial charge in [0.1, 0.15) is 5.02 Å². The van der Waals surface area contributed by atoms with Gasteiger partial charge in [0, 0.05) is 6.07 Å². The number of hydrogen-bond acceptors (Lipinski definition) is 4. The molecule has 0 radical (unpaired) electrons. The fourth-order valence-corrected chi connectivity index (χ4v) is 1.93. The van der Waals surface area contributed by atoms with Crippen molar-refractivity contribution in [1.29, 1.82) is 0 Å². The Kier molecular flexibility index (Phi) is 1.90. The molecule has 0 bridgehead atoms. The van der Waals surface area contributed by atoms with Crippen LogP contribution >= 0.6 is 22.9 Å². The summed E-state index contributed by atoms with van der Waals surface area (Å²) in [5.74, 6) is 0. The zero-order valence-corrected chi connectivity index (χ0v) is 7.80. The van der Waals surface area contributed by atoms with E-state index in [1.807, 2.05) is 0 Å². The topological polar surface area (TPSA) is 56.0 Å². The quantitative estimate of drug-likeness (QED) is 0.542. The highest BCUT2D eigenvalue weighted by Gasteiger charge is 2.13. The van der Waals surface area contributed by atoms with E-state index >= 15 is 0 Å². The van der Waals surface area contributed by atoms with E-state index in [4.69, 9.17) is 11.6 Å². The van der Waals surface area contributed by atoms with E-state index in [-0.39, 0.29) is 10.7 Å². The van der Waals surface area contributed by atoms with Gasteiger partial charge in [0.05, 0.1) is 20.7 Å². The molecule has 1 aromatic carbocycles. The van der Waals surface area contributed by atoms with E-state index in [0.717, 1.165) is 4.70 Å². The molecule has 1 heterocycles. The van der Waals surface area contributed by atoms with Crippen molar-refractivity contribution in [3.8, 4) is 0 Å². The van der Waals surface area contributed by atoms with Crippen molar-refractivity contribution in [2.75, 3.05) is 0 Å². The van der Waals surface area contributed by atoms with Gasteiger partial charge in [0.25, 0.3) is 5.69 Å². The maximum atomic E-state index is 10.5. The number of hydrogen-bond donors (Lipinski definition) is 0. The number of rotatable bonds is 1. The molecule has 0 atom stereocenters. The standard InChI is InChI=1S/C7H3ClN2O2S/c8-4-1-5-7(13-3-9-5)2-6(4)10(11)12/h1-3H. The first-order valence-corrected chi connectivity index (χ1v) is 4.61. The van der Waals surface area contributed by atoms with E-state index in [2.05, 4.69) is 4.98 Å². The van der Waals surface area contributed by atoms with Crippen LogP contribution in [0.5, 0.6) is 0 Å². The molecule has 0 aliphatic heterocycles. The second-order valence-electron chi connectivity index (χ2n) is 2.38. The number of halogens is 1. The van der Waals surface area contributed by atoms with Gasteiger partial charge in [-0.2, -0.15) is 0 Å². The second-order valence-corrected chi connectivity index (χ2v) is 3.67. The molecule has 0 N–H and O–H groups in total. The van der Waals surface area contributed by atoms with Crippen LogP contribution in [0.1, 0.15) is 0 Å². The molecule has 66 valence electrons. The number of nitro benzene ring substituents is 1. The van der Waals surface area contributed by atoms with Crippen molar-refractivity contribution in [1.82, 2.24) is 4.98 Å². The molecule has 0 fully saturated rings. The summed E-state index contributed by atoms with van der Waals surface area (Å²) in [6, 6.07) is 2.95. The second kappa shape index (κ2) is 2.93. The first kappa shape index (κ1) is 8.40. The molecule has 0 saturated heterocycles. The van der Waals surface area contributed by atoms with Gasteiger partial charge in [-0.05, 0) is 6.07 Å². The van der Waals surface area contributed by atoms with Gasteiger partial charge in [-0.1, -0.05) is 11.6 Å². The number of fused-ring (bicyclic) bond motifs is 1. The summed E-state index contributed by atoms with van der Waals surface area (Å²) < 4.78 is 0.774. The summed E-state index contributed by atoms with van der Waals surface area (Å²) in [5.41, 5.74) is 2.25. The maximum Gasteiger partial charge on any atom is 0.289 e. The minimum atomic E-state index is -0.499. The lowest BCUT2D eigenvalue weighted by atomic mass is 10.3. The van der Waals surface area contributed by atoms with Crippen LogP contribution in [0.15, 0.2) is 17.6 Å². The summed E-state index contributed by atoms with van der Waals surface area (Å²) >= 11 is 7.03. The maximum absolute atomic E-state index is 10.5. The molecule has 0 saturated carbocycles. The number of aromatic nitrogens is 1. The lowest BCUT2D eigenvalue weighted by molar-refractivity contribution is -0.384. The average molecular weight is 215 g/mol. The predicted molar refractivity (Wildman–Crippen MR) is 51.3 cm³/mol. The van der Waals surface area contributed by atoms with Crippen LogP contribution in [-0.2, 0) is 0 Å². The van der Waals surface area contributed by atoms with Gasteiger partial charge in [-0.15, -0.1) is 11.3 Å². The Labute approximate surface area is 81.9 Å². The summed E-state index contributed by atoms with van der Waals surface area (Å²) in [6.07, 6.45) is 0. The Balaban J connectivity index is 2.76. The van der Waals surface area contributed by atoms with Crippen molar-refractivity contribution < 1.29 is 4.92 Å². The molecule has 0 aliphatic rings. The SMILES string of the molecule is O=[N+]([O-])c1cc2scnc2cc1Cl. The van der Waals surface area contributed by atoms with E-state index in [9.17, 15) is 10.1 Å². The first-order valence-electron chi connectivity index (χ1n) is 3.35. The minimum Gasteiger partial charge on any atom is -0.258 e. The van der Waals surface area contributed by atoms with Crippen LogP contribution < -0.4 is 0 Å². The highest BCUT2D eigenvalue weighted by Crippen LogP contribution is 2.30. The van der Waals surface area contributed by atoms with Crippen molar-refractivity contribution in [2.45, 2.75) is 0 Å². The Morgan fingerprint density at radius 2 is 2.31 bits per heavy atom. The smallest absolute Gasteiger partial charge is 0.258 e. The van der Waals surface area contributed by atoms with E-state index in [1.54, 1.807) is 5.51 Å². The predicted octanol–water partition coefficient (Wildman–Crippen LogP) is 2.86. The van der Waals surface area contributed by atoms with Gasteiger partial charge in [-0.25, -0.2) is 4.98 Å². The third-order valence-corrected chi connectivity index (χ3v) is 2.69. The largest absolute Gasteiger partial charge is 0.289 e. The van der Waals surface area contributed by atoms with E-state index in [0.29, 0.717) is 5.52 Å². The minimum absolute atomic E-state index is 0.0709. The Hall–Kier alpha value is -1.20. The van der Waals surface area contributed by atoms with Crippen molar-refractivity contribution in [3.63, 3.8) is 0 Å². The number of nitrogens with zero attached hydrogens (tertiary/aromatic N) is 2. The van der Waals surface area contributed by atoms with Gasteiger partial charge < -0.3 is 0 Å². The van der Waals surface area contributed by atoms with E-state index in [1.165, 1.54) is 23.5 Å². The first-order chi connectivity index (χ1) is 6.18. The average Bonchev–Trinajstić information content (AvgIpc) is 2.48. The molecule has 2 rings (SSSR count). The summed E-state index contributed by atoms with van der Waals surface area (Å²) in [4.78, 5) is 14.0. The molecular weight excluding hydrogens is 212 g/mol. The molecule has 1 aromatic heterocycles. The molecule has 0 unspecified atom stereocenters. The highest BCUT2D eigenvalue weighted by molar-refractivity contribution is 7.16. The fraction of sp³-hybridized carbons (Fsp3) is 0. The molecule has 4 nitrogen and oxygen atoms in total. The molecule has 0 spiro atoms. The lowest BCUT2D eigenvalue weighted by Crippen LogP contribution is -1.88. The molecule has 6 heteroatoms. The molecule has 2 aromatic rings. The third-order valence-electron chi connectivity index (χ3n) is 1.60. The monoisotopic (exact) mass is 214 g/mol. The Morgan fingerprint density at radius 1 is 1.54 bits per heavy atom. The zero-order chi connectivity index (χ0) is 9.42. The number of thiazole rings is 1. The third kappa shape index (κ3) is 1.36. The van der Waals surface area contributed by atoms with Crippen molar-refractivity contribution in [2.24, 2.45) is 0 Å². The molecule has 13 heavy (non-hydrogen) atoms.